The number of aromatic nitrogens is 3. The van der Waals surface area contributed by atoms with E-state index in [1.54, 1.807) is 11.8 Å². The minimum absolute atomic E-state index is 0.641. The van der Waals surface area contributed by atoms with Gasteiger partial charge in [0, 0.05) is 32.2 Å². The highest BCUT2D eigenvalue weighted by molar-refractivity contribution is 7.99. The zero-order chi connectivity index (χ0) is 28.3. The van der Waals surface area contributed by atoms with E-state index in [9.17, 15) is 0 Å². The summed E-state index contributed by atoms with van der Waals surface area (Å²) in [6, 6.07) is 51.3. The van der Waals surface area contributed by atoms with Crippen molar-refractivity contribution in [2.24, 2.45) is 0 Å². The summed E-state index contributed by atoms with van der Waals surface area (Å²) >= 11 is 1.79. The molecule has 202 valence electrons. The van der Waals surface area contributed by atoms with Crippen LogP contribution < -0.4 is 4.90 Å². The summed E-state index contributed by atoms with van der Waals surface area (Å²) in [5.41, 5.74) is 6.32. The lowest BCUT2D eigenvalue weighted by Gasteiger charge is -2.31. The summed E-state index contributed by atoms with van der Waals surface area (Å²) in [7, 11) is 0. The number of fused-ring (bicyclic) bond motifs is 6. The highest BCUT2D eigenvalue weighted by atomic mass is 32.2. The fourth-order valence-electron chi connectivity index (χ4n) is 6.22. The van der Waals surface area contributed by atoms with Gasteiger partial charge in [0.25, 0.3) is 0 Å². The first-order chi connectivity index (χ1) is 21.3. The van der Waals surface area contributed by atoms with Crippen molar-refractivity contribution < 1.29 is 0 Å². The molecule has 8 aromatic rings. The standard InChI is InChI=1S/C38H24N4S/c1-2-12-26-23-27(22-21-25(26)11-1)30-24-37(41-31-15-5-3-13-28(31)29-14-4-6-16-32(29)41)40-38(39-30)42-33-17-7-9-19-35(33)43-36-20-10-8-18-34(36)42/h1-24H. The summed E-state index contributed by atoms with van der Waals surface area (Å²) in [6.45, 7) is 0. The minimum atomic E-state index is 0.641. The molecule has 43 heavy (non-hydrogen) atoms. The van der Waals surface area contributed by atoms with Crippen LogP contribution >= 0.6 is 11.8 Å². The van der Waals surface area contributed by atoms with E-state index in [0.29, 0.717) is 5.95 Å². The molecule has 6 aromatic carbocycles. The van der Waals surface area contributed by atoms with Crippen molar-refractivity contribution in [2.45, 2.75) is 9.79 Å². The summed E-state index contributed by atoms with van der Waals surface area (Å²) in [5.74, 6) is 1.47. The van der Waals surface area contributed by atoms with Crippen molar-refractivity contribution in [1.29, 1.82) is 0 Å². The Bertz CT molecular complexity index is 2260. The quantitative estimate of drug-likeness (QED) is 0.212. The van der Waals surface area contributed by atoms with Crippen molar-refractivity contribution in [1.82, 2.24) is 14.5 Å². The average Bonchev–Trinajstić information content (AvgIpc) is 3.41. The lowest BCUT2D eigenvalue weighted by molar-refractivity contribution is 0.996. The molecule has 0 amide bonds. The molecule has 0 bridgehead atoms. The number of rotatable bonds is 3. The summed E-state index contributed by atoms with van der Waals surface area (Å²) in [6.07, 6.45) is 0. The third kappa shape index (κ3) is 3.86. The summed E-state index contributed by atoms with van der Waals surface area (Å²) < 4.78 is 2.27. The van der Waals surface area contributed by atoms with Gasteiger partial charge in [0.05, 0.1) is 28.1 Å². The van der Waals surface area contributed by atoms with Crippen molar-refractivity contribution in [3.05, 3.63) is 146 Å². The van der Waals surface area contributed by atoms with Crippen LogP contribution in [0.1, 0.15) is 0 Å². The number of para-hydroxylation sites is 4. The van der Waals surface area contributed by atoms with Crippen LogP contribution in [0.5, 0.6) is 0 Å². The monoisotopic (exact) mass is 568 g/mol. The van der Waals surface area contributed by atoms with E-state index in [0.717, 1.165) is 39.5 Å². The molecule has 0 unspecified atom stereocenters. The maximum Gasteiger partial charge on any atom is 0.237 e. The molecule has 0 fully saturated rings. The Hall–Kier alpha value is -5.39. The maximum absolute atomic E-state index is 5.35. The molecule has 0 saturated carbocycles. The highest BCUT2D eigenvalue weighted by Gasteiger charge is 2.27. The Labute approximate surface area is 252 Å². The first kappa shape index (κ1) is 24.2. The summed E-state index contributed by atoms with van der Waals surface area (Å²) in [5, 5.41) is 4.80. The Morgan fingerprint density at radius 3 is 1.77 bits per heavy atom. The summed E-state index contributed by atoms with van der Waals surface area (Å²) in [4.78, 5) is 15.2. The Morgan fingerprint density at radius 1 is 0.488 bits per heavy atom. The van der Waals surface area contributed by atoms with Gasteiger partial charge in [0.1, 0.15) is 5.82 Å². The normalized spacial score (nSPS) is 12.5. The molecule has 0 N–H and O–H groups in total. The van der Waals surface area contributed by atoms with Gasteiger partial charge in [0.2, 0.25) is 5.95 Å². The fourth-order valence-corrected chi connectivity index (χ4v) is 7.28. The lowest BCUT2D eigenvalue weighted by atomic mass is 10.0. The first-order valence-corrected chi connectivity index (χ1v) is 15.2. The van der Waals surface area contributed by atoms with Crippen LogP contribution in [-0.2, 0) is 0 Å². The van der Waals surface area contributed by atoms with Crippen LogP contribution in [0.25, 0.3) is 49.7 Å². The van der Waals surface area contributed by atoms with E-state index in [1.807, 2.05) is 0 Å². The van der Waals surface area contributed by atoms with Gasteiger partial charge in [-0.15, -0.1) is 0 Å². The van der Waals surface area contributed by atoms with Gasteiger partial charge in [-0.3, -0.25) is 9.47 Å². The molecule has 9 rings (SSSR count). The molecular formula is C38H24N4S. The average molecular weight is 569 g/mol. The van der Waals surface area contributed by atoms with Crippen molar-refractivity contribution in [3.8, 4) is 17.1 Å². The second-order valence-electron chi connectivity index (χ2n) is 10.7. The number of anilines is 3. The zero-order valence-electron chi connectivity index (χ0n) is 23.1. The van der Waals surface area contributed by atoms with Gasteiger partial charge in [0.15, 0.2) is 0 Å². The van der Waals surface area contributed by atoms with Gasteiger partial charge in [-0.05, 0) is 53.2 Å². The Morgan fingerprint density at radius 2 is 1.07 bits per heavy atom. The smallest absolute Gasteiger partial charge is 0.237 e. The Balaban J connectivity index is 1.36. The molecule has 0 radical (unpaired) electrons. The predicted molar refractivity (Wildman–Crippen MR) is 178 cm³/mol. The predicted octanol–water partition coefficient (Wildman–Crippen LogP) is 10.3. The zero-order valence-corrected chi connectivity index (χ0v) is 23.9. The molecule has 1 aliphatic rings. The van der Waals surface area contributed by atoms with Crippen LogP contribution in [0.2, 0.25) is 0 Å². The van der Waals surface area contributed by atoms with E-state index in [2.05, 4.69) is 155 Å². The number of hydrogen-bond donors (Lipinski definition) is 0. The van der Waals surface area contributed by atoms with Gasteiger partial charge in [-0.2, -0.15) is 4.98 Å². The lowest BCUT2D eigenvalue weighted by Crippen LogP contribution is -2.18. The van der Waals surface area contributed by atoms with Gasteiger partial charge in [-0.1, -0.05) is 109 Å². The largest absolute Gasteiger partial charge is 0.294 e. The second-order valence-corrected chi connectivity index (χ2v) is 11.8. The van der Waals surface area contributed by atoms with Gasteiger partial charge in [-0.25, -0.2) is 4.98 Å². The van der Waals surface area contributed by atoms with Crippen molar-refractivity contribution in [3.63, 3.8) is 0 Å². The third-order valence-corrected chi connectivity index (χ3v) is 9.32. The first-order valence-electron chi connectivity index (χ1n) is 14.3. The molecule has 5 heteroatoms. The second kappa shape index (κ2) is 9.58. The van der Waals surface area contributed by atoms with E-state index >= 15 is 0 Å². The molecular weight excluding hydrogens is 545 g/mol. The molecule has 3 heterocycles. The van der Waals surface area contributed by atoms with E-state index in [4.69, 9.17) is 9.97 Å². The number of hydrogen-bond acceptors (Lipinski definition) is 4. The van der Waals surface area contributed by atoms with Gasteiger partial charge >= 0.3 is 0 Å². The molecule has 0 saturated heterocycles. The van der Waals surface area contributed by atoms with Crippen LogP contribution in [0, 0.1) is 0 Å². The Kier molecular flexibility index (Phi) is 5.40. The molecule has 4 nitrogen and oxygen atoms in total. The SMILES string of the molecule is c1ccc2c(c1)Sc1ccccc1N2c1nc(-c2ccc3ccccc3c2)cc(-n2c3ccccc3c3ccccc32)n1. The van der Waals surface area contributed by atoms with Gasteiger partial charge < -0.3 is 0 Å². The topological polar surface area (TPSA) is 34.0 Å². The van der Waals surface area contributed by atoms with E-state index in [1.165, 1.54) is 31.3 Å². The van der Waals surface area contributed by atoms with Crippen molar-refractivity contribution in [2.75, 3.05) is 4.90 Å². The van der Waals surface area contributed by atoms with Crippen LogP contribution in [-0.4, -0.2) is 14.5 Å². The fraction of sp³-hybridized carbons (Fsp3) is 0. The van der Waals surface area contributed by atoms with E-state index in [-0.39, 0.29) is 0 Å². The minimum Gasteiger partial charge on any atom is -0.294 e. The number of benzene rings is 6. The highest BCUT2D eigenvalue weighted by Crippen LogP contribution is 2.50. The third-order valence-electron chi connectivity index (χ3n) is 8.19. The van der Waals surface area contributed by atoms with Crippen LogP contribution in [0.3, 0.4) is 0 Å². The molecule has 0 spiro atoms. The number of nitrogens with zero attached hydrogens (tertiary/aromatic N) is 4. The molecule has 0 atom stereocenters. The van der Waals surface area contributed by atoms with Crippen molar-refractivity contribution >= 4 is 61.7 Å². The van der Waals surface area contributed by atoms with E-state index < -0.39 is 0 Å². The maximum atomic E-state index is 5.35. The molecule has 1 aliphatic heterocycles. The van der Waals surface area contributed by atoms with Crippen LogP contribution in [0.4, 0.5) is 17.3 Å². The molecule has 0 aliphatic carbocycles. The molecule has 2 aromatic heterocycles. The van der Waals surface area contributed by atoms with Crippen LogP contribution in [0.15, 0.2) is 155 Å².